The summed E-state index contributed by atoms with van der Waals surface area (Å²) in [7, 11) is 0. The maximum absolute atomic E-state index is 5.96. The van der Waals surface area contributed by atoms with Crippen molar-refractivity contribution in [2.45, 2.75) is 19.8 Å². The minimum Gasteiger partial charge on any atom is -0.371 e. The van der Waals surface area contributed by atoms with Gasteiger partial charge in [-0.2, -0.15) is 0 Å². The fourth-order valence-electron chi connectivity index (χ4n) is 1.92. The molecule has 0 spiro atoms. The first kappa shape index (κ1) is 8.89. The third kappa shape index (κ3) is 1.66. The fourth-order valence-corrected chi connectivity index (χ4v) is 2.09. The van der Waals surface area contributed by atoms with Crippen LogP contribution in [0.15, 0.2) is 18.2 Å². The fraction of sp³-hybridized carbons (Fsp3) is 0.455. The lowest BCUT2D eigenvalue weighted by molar-refractivity contribution is 0.796. The summed E-state index contributed by atoms with van der Waals surface area (Å²) in [5, 5.41) is 0.849. The molecule has 1 aromatic rings. The van der Waals surface area contributed by atoms with Crippen LogP contribution in [0.2, 0.25) is 5.02 Å². The van der Waals surface area contributed by atoms with Crippen molar-refractivity contribution >= 4 is 17.3 Å². The minimum atomic E-state index is 0.849. The number of nitrogens with zero attached hydrogens (tertiary/aromatic N) is 1. The Morgan fingerprint density at radius 3 is 3.08 bits per heavy atom. The average molecular weight is 196 g/mol. The van der Waals surface area contributed by atoms with E-state index in [1.165, 1.54) is 24.1 Å². The monoisotopic (exact) mass is 195 g/mol. The van der Waals surface area contributed by atoms with Gasteiger partial charge in [0.15, 0.2) is 0 Å². The van der Waals surface area contributed by atoms with Crippen LogP contribution < -0.4 is 4.90 Å². The highest BCUT2D eigenvalue weighted by Gasteiger charge is 2.17. The molecule has 0 bridgehead atoms. The molecule has 1 nitrogen and oxygen atoms in total. The molecule has 0 saturated carbocycles. The van der Waals surface area contributed by atoms with Crippen molar-refractivity contribution < 1.29 is 0 Å². The number of fused-ring (bicyclic) bond motifs is 1. The summed E-state index contributed by atoms with van der Waals surface area (Å²) in [5.41, 5.74) is 2.78. The molecule has 70 valence electrons. The molecule has 2 rings (SSSR count). The second-order valence-corrected chi connectivity index (χ2v) is 3.95. The predicted octanol–water partition coefficient (Wildman–Crippen LogP) is 3.11. The molecule has 13 heavy (non-hydrogen) atoms. The first-order valence-electron chi connectivity index (χ1n) is 4.84. The van der Waals surface area contributed by atoms with Crippen LogP contribution in [0.3, 0.4) is 0 Å². The summed E-state index contributed by atoms with van der Waals surface area (Å²) in [5.74, 6) is 0. The Kier molecular flexibility index (Phi) is 2.45. The summed E-state index contributed by atoms with van der Waals surface area (Å²) in [6.07, 6.45) is 2.37. The molecular weight excluding hydrogens is 182 g/mol. The molecule has 0 atom stereocenters. The van der Waals surface area contributed by atoms with E-state index >= 15 is 0 Å². The number of benzene rings is 1. The zero-order chi connectivity index (χ0) is 9.26. The maximum atomic E-state index is 5.96. The van der Waals surface area contributed by atoms with E-state index < -0.39 is 0 Å². The Bertz CT molecular complexity index is 307. The summed E-state index contributed by atoms with van der Waals surface area (Å²) < 4.78 is 0. The molecule has 0 aromatic heterocycles. The van der Waals surface area contributed by atoms with Gasteiger partial charge in [0.1, 0.15) is 0 Å². The summed E-state index contributed by atoms with van der Waals surface area (Å²) in [6, 6.07) is 6.21. The lowest BCUT2D eigenvalue weighted by Crippen LogP contribution is -2.20. The Hall–Kier alpha value is -0.690. The van der Waals surface area contributed by atoms with Gasteiger partial charge in [-0.3, -0.25) is 0 Å². The normalized spacial score (nSPS) is 14.8. The second-order valence-electron chi connectivity index (χ2n) is 3.51. The molecule has 0 N–H and O–H groups in total. The lowest BCUT2D eigenvalue weighted by atomic mass is 10.2. The highest BCUT2D eigenvalue weighted by Crippen LogP contribution is 2.30. The third-order valence-electron chi connectivity index (χ3n) is 2.53. The zero-order valence-electron chi connectivity index (χ0n) is 7.89. The van der Waals surface area contributed by atoms with Gasteiger partial charge in [-0.1, -0.05) is 24.6 Å². The predicted molar refractivity (Wildman–Crippen MR) is 57.7 cm³/mol. The summed E-state index contributed by atoms with van der Waals surface area (Å²) in [4.78, 5) is 2.42. The Morgan fingerprint density at radius 2 is 2.31 bits per heavy atom. The van der Waals surface area contributed by atoms with Gasteiger partial charge in [0.2, 0.25) is 0 Å². The molecule has 1 aromatic carbocycles. The van der Waals surface area contributed by atoms with Crippen LogP contribution in [0.25, 0.3) is 0 Å². The van der Waals surface area contributed by atoms with Crippen LogP contribution in [0.5, 0.6) is 0 Å². The van der Waals surface area contributed by atoms with Crippen LogP contribution in [0.1, 0.15) is 18.9 Å². The zero-order valence-corrected chi connectivity index (χ0v) is 8.64. The van der Waals surface area contributed by atoms with Crippen molar-refractivity contribution in [1.82, 2.24) is 0 Å². The van der Waals surface area contributed by atoms with E-state index in [0.29, 0.717) is 0 Å². The second kappa shape index (κ2) is 3.59. The molecule has 1 aliphatic rings. The van der Waals surface area contributed by atoms with E-state index in [2.05, 4.69) is 24.0 Å². The third-order valence-corrected chi connectivity index (χ3v) is 2.77. The smallest absolute Gasteiger partial charge is 0.0426 e. The first-order valence-corrected chi connectivity index (χ1v) is 5.22. The first-order chi connectivity index (χ1) is 6.31. The minimum absolute atomic E-state index is 0.849. The van der Waals surface area contributed by atoms with Gasteiger partial charge in [0.25, 0.3) is 0 Å². The van der Waals surface area contributed by atoms with Crippen LogP contribution >= 0.6 is 11.6 Å². The number of hydrogen-bond acceptors (Lipinski definition) is 1. The van der Waals surface area contributed by atoms with Crippen LogP contribution in [0, 0.1) is 0 Å². The SMILES string of the molecule is CCCN1CCc2ccc(Cl)cc21. The molecule has 2 heteroatoms. The molecule has 0 radical (unpaired) electrons. The highest BCUT2D eigenvalue weighted by atomic mass is 35.5. The van der Waals surface area contributed by atoms with Crippen molar-refractivity contribution in [3.8, 4) is 0 Å². The Labute approximate surface area is 84.3 Å². The van der Waals surface area contributed by atoms with Crippen LogP contribution in [-0.4, -0.2) is 13.1 Å². The van der Waals surface area contributed by atoms with E-state index in [0.717, 1.165) is 18.1 Å². The van der Waals surface area contributed by atoms with E-state index in [4.69, 9.17) is 11.6 Å². The average Bonchev–Trinajstić information content (AvgIpc) is 2.49. The van der Waals surface area contributed by atoms with Gasteiger partial charge >= 0.3 is 0 Å². The van der Waals surface area contributed by atoms with Crippen molar-refractivity contribution in [3.05, 3.63) is 28.8 Å². The lowest BCUT2D eigenvalue weighted by Gasteiger charge is -2.18. The molecule has 1 heterocycles. The van der Waals surface area contributed by atoms with Crippen LogP contribution in [-0.2, 0) is 6.42 Å². The van der Waals surface area contributed by atoms with Gasteiger partial charge in [0, 0.05) is 23.8 Å². The molecule has 0 aliphatic carbocycles. The van der Waals surface area contributed by atoms with E-state index in [1.807, 2.05) is 6.07 Å². The number of hydrogen-bond donors (Lipinski definition) is 0. The Balaban J connectivity index is 2.29. The molecule has 0 fully saturated rings. The van der Waals surface area contributed by atoms with Gasteiger partial charge < -0.3 is 4.90 Å². The van der Waals surface area contributed by atoms with Crippen molar-refractivity contribution in [3.63, 3.8) is 0 Å². The summed E-state index contributed by atoms with van der Waals surface area (Å²) >= 11 is 5.96. The maximum Gasteiger partial charge on any atom is 0.0426 e. The van der Waals surface area contributed by atoms with E-state index in [9.17, 15) is 0 Å². The number of anilines is 1. The van der Waals surface area contributed by atoms with E-state index in [1.54, 1.807) is 0 Å². The molecule has 0 amide bonds. The van der Waals surface area contributed by atoms with Crippen LogP contribution in [0.4, 0.5) is 5.69 Å². The largest absolute Gasteiger partial charge is 0.371 e. The van der Waals surface area contributed by atoms with Crippen molar-refractivity contribution in [1.29, 1.82) is 0 Å². The number of rotatable bonds is 2. The van der Waals surface area contributed by atoms with Gasteiger partial charge in [-0.05, 0) is 30.5 Å². The standard InChI is InChI=1S/C11H14ClN/c1-2-6-13-7-5-9-3-4-10(12)8-11(9)13/h3-4,8H,2,5-7H2,1H3. The molecule has 0 unspecified atom stereocenters. The van der Waals surface area contributed by atoms with Gasteiger partial charge in [-0.15, -0.1) is 0 Å². The van der Waals surface area contributed by atoms with Crippen molar-refractivity contribution in [2.75, 3.05) is 18.0 Å². The highest BCUT2D eigenvalue weighted by molar-refractivity contribution is 6.30. The molecule has 1 aliphatic heterocycles. The van der Waals surface area contributed by atoms with E-state index in [-0.39, 0.29) is 0 Å². The Morgan fingerprint density at radius 1 is 1.46 bits per heavy atom. The summed E-state index contributed by atoms with van der Waals surface area (Å²) in [6.45, 7) is 4.51. The number of halogens is 1. The topological polar surface area (TPSA) is 3.24 Å². The molecular formula is C11H14ClN. The van der Waals surface area contributed by atoms with Crippen molar-refractivity contribution in [2.24, 2.45) is 0 Å². The quantitative estimate of drug-likeness (QED) is 0.701. The van der Waals surface area contributed by atoms with Gasteiger partial charge in [0.05, 0.1) is 0 Å². The van der Waals surface area contributed by atoms with Gasteiger partial charge in [-0.25, -0.2) is 0 Å². The molecule has 0 saturated heterocycles.